The minimum Gasteiger partial charge on any atom is -0.329 e. The molecule has 0 spiro atoms. The van der Waals surface area contributed by atoms with Crippen molar-refractivity contribution in [3.05, 3.63) is 40.4 Å². The summed E-state index contributed by atoms with van der Waals surface area (Å²) >= 11 is 1.27. The van der Waals surface area contributed by atoms with Gasteiger partial charge in [-0.2, -0.15) is 0 Å². The molecule has 1 saturated heterocycles. The number of carbonyl (C=O) groups is 3. The van der Waals surface area contributed by atoms with Crippen molar-refractivity contribution in [2.45, 2.75) is 13.3 Å². The second kappa shape index (κ2) is 6.75. The number of aryl methyl sites for hydroxylation is 1. The highest BCUT2D eigenvalue weighted by Gasteiger charge is 2.30. The van der Waals surface area contributed by atoms with Gasteiger partial charge in [0, 0.05) is 6.42 Å². The third-order valence-corrected chi connectivity index (χ3v) is 4.39. The number of carbonyl (C=O) groups excluding carboxylic acids is 3. The lowest BCUT2D eigenvalue weighted by Crippen LogP contribution is -2.38. The van der Waals surface area contributed by atoms with Crippen molar-refractivity contribution in [2.24, 2.45) is 0 Å². The van der Waals surface area contributed by atoms with E-state index in [1.165, 1.54) is 11.3 Å². The zero-order valence-corrected chi connectivity index (χ0v) is 13.7. The molecular formula is C15H15N5O3S. The normalized spacial score (nSPS) is 14.0. The van der Waals surface area contributed by atoms with E-state index in [0.717, 1.165) is 21.0 Å². The van der Waals surface area contributed by atoms with Crippen LogP contribution in [0.3, 0.4) is 0 Å². The van der Waals surface area contributed by atoms with E-state index in [9.17, 15) is 14.4 Å². The van der Waals surface area contributed by atoms with E-state index in [4.69, 9.17) is 0 Å². The van der Waals surface area contributed by atoms with Gasteiger partial charge in [-0.15, -0.1) is 10.2 Å². The van der Waals surface area contributed by atoms with E-state index in [1.807, 2.05) is 31.2 Å². The second-order valence-corrected chi connectivity index (χ2v) is 6.35. The van der Waals surface area contributed by atoms with Gasteiger partial charge in [-0.1, -0.05) is 35.6 Å². The van der Waals surface area contributed by atoms with Crippen molar-refractivity contribution in [2.75, 3.05) is 18.4 Å². The third-order valence-electron chi connectivity index (χ3n) is 3.55. The molecule has 3 rings (SSSR count). The molecule has 1 aromatic carbocycles. The quantitative estimate of drug-likeness (QED) is 0.785. The van der Waals surface area contributed by atoms with Crippen molar-refractivity contribution >= 4 is 34.3 Å². The van der Waals surface area contributed by atoms with Crippen LogP contribution in [0.5, 0.6) is 0 Å². The average molecular weight is 345 g/mol. The Bertz CT molecular complexity index is 788. The monoisotopic (exact) mass is 345 g/mol. The number of rotatable bonds is 5. The Morgan fingerprint density at radius 1 is 1.33 bits per heavy atom. The molecule has 0 bridgehead atoms. The molecule has 0 unspecified atom stereocenters. The zero-order valence-electron chi connectivity index (χ0n) is 12.9. The van der Waals surface area contributed by atoms with E-state index in [2.05, 4.69) is 20.8 Å². The van der Waals surface area contributed by atoms with Crippen LogP contribution < -0.4 is 10.6 Å². The molecule has 0 atom stereocenters. The average Bonchev–Trinajstić information content (AvgIpc) is 3.11. The minimum atomic E-state index is -0.562. The van der Waals surface area contributed by atoms with Crippen molar-refractivity contribution in [1.82, 2.24) is 20.4 Å². The summed E-state index contributed by atoms with van der Waals surface area (Å²) in [6.45, 7) is 1.61. The van der Waals surface area contributed by atoms with Crippen LogP contribution in [-0.2, 0) is 16.0 Å². The number of imide groups is 1. The molecular weight excluding hydrogens is 330 g/mol. The van der Waals surface area contributed by atoms with Crippen molar-refractivity contribution in [1.29, 1.82) is 0 Å². The van der Waals surface area contributed by atoms with Crippen LogP contribution in [0.4, 0.5) is 9.93 Å². The highest BCUT2D eigenvalue weighted by atomic mass is 32.1. The fourth-order valence-corrected chi connectivity index (χ4v) is 3.04. The largest absolute Gasteiger partial charge is 0.329 e. The van der Waals surface area contributed by atoms with E-state index in [-0.39, 0.29) is 13.1 Å². The summed E-state index contributed by atoms with van der Waals surface area (Å²) in [5, 5.41) is 14.0. The Morgan fingerprint density at radius 3 is 2.83 bits per heavy atom. The molecule has 1 fully saturated rings. The number of hydrogen-bond acceptors (Lipinski definition) is 6. The van der Waals surface area contributed by atoms with E-state index in [1.54, 1.807) is 0 Å². The number of amides is 4. The fraction of sp³-hybridized carbons (Fsp3) is 0.267. The highest BCUT2D eigenvalue weighted by molar-refractivity contribution is 7.15. The Kier molecular flexibility index (Phi) is 4.52. The molecule has 1 aliphatic heterocycles. The molecule has 0 radical (unpaired) electrons. The molecule has 0 aliphatic carbocycles. The van der Waals surface area contributed by atoms with Gasteiger partial charge in [-0.25, -0.2) is 4.79 Å². The van der Waals surface area contributed by atoms with Crippen molar-refractivity contribution in [3.63, 3.8) is 0 Å². The Morgan fingerprint density at radius 2 is 2.12 bits per heavy atom. The molecule has 0 saturated carbocycles. The van der Waals surface area contributed by atoms with Gasteiger partial charge in [0.2, 0.25) is 11.0 Å². The smallest absolute Gasteiger partial charge is 0.325 e. The van der Waals surface area contributed by atoms with Crippen LogP contribution in [0.2, 0.25) is 0 Å². The van der Waals surface area contributed by atoms with E-state index < -0.39 is 17.8 Å². The number of benzene rings is 1. The van der Waals surface area contributed by atoms with Crippen molar-refractivity contribution in [3.8, 4) is 0 Å². The zero-order chi connectivity index (χ0) is 17.1. The minimum absolute atomic E-state index is 0.0779. The molecule has 1 aliphatic rings. The molecule has 4 amide bonds. The number of aromatic nitrogens is 2. The Labute approximate surface area is 141 Å². The predicted octanol–water partition coefficient (Wildman–Crippen LogP) is 0.928. The Hall–Kier alpha value is -2.81. The standard InChI is InChI=1S/C15H15N5O3S/c1-9-4-2-3-5-10(9)6-12-18-19-14(24-12)17-11(21)8-20-13(22)7-16-15(20)23/h2-5H,6-8H2,1H3,(H,16,23)(H,17,19,21). The van der Waals surface area contributed by atoms with Crippen LogP contribution in [0.1, 0.15) is 16.1 Å². The lowest BCUT2D eigenvalue weighted by Gasteiger charge is -2.10. The maximum absolute atomic E-state index is 11.9. The molecule has 2 aromatic rings. The summed E-state index contributed by atoms with van der Waals surface area (Å²) in [6, 6.07) is 7.42. The lowest BCUT2D eigenvalue weighted by molar-refractivity contribution is -0.128. The molecule has 2 N–H and O–H groups in total. The number of nitrogens with zero attached hydrogens (tertiary/aromatic N) is 3. The van der Waals surface area contributed by atoms with Crippen LogP contribution >= 0.6 is 11.3 Å². The molecule has 1 aromatic heterocycles. The number of urea groups is 1. The third kappa shape index (κ3) is 3.57. The first-order valence-electron chi connectivity index (χ1n) is 7.28. The number of hydrogen-bond donors (Lipinski definition) is 2. The number of nitrogens with one attached hydrogen (secondary N) is 2. The van der Waals surface area contributed by atoms with Gasteiger partial charge in [0.25, 0.3) is 5.91 Å². The first kappa shape index (κ1) is 16.1. The SMILES string of the molecule is Cc1ccccc1Cc1nnc(NC(=O)CN2C(=O)CNC2=O)s1. The molecule has 8 nitrogen and oxygen atoms in total. The topological polar surface area (TPSA) is 104 Å². The van der Waals surface area contributed by atoms with Gasteiger partial charge in [-0.05, 0) is 18.1 Å². The summed E-state index contributed by atoms with van der Waals surface area (Å²) in [5.74, 6) is -0.911. The maximum Gasteiger partial charge on any atom is 0.325 e. The Balaban J connectivity index is 1.60. The first-order valence-corrected chi connectivity index (χ1v) is 8.09. The van der Waals surface area contributed by atoms with Gasteiger partial charge in [0.05, 0.1) is 6.54 Å². The molecule has 2 heterocycles. The molecule has 24 heavy (non-hydrogen) atoms. The predicted molar refractivity (Wildman–Crippen MR) is 87.6 cm³/mol. The highest BCUT2D eigenvalue weighted by Crippen LogP contribution is 2.20. The van der Waals surface area contributed by atoms with Crippen molar-refractivity contribution < 1.29 is 14.4 Å². The van der Waals surface area contributed by atoms with Gasteiger partial charge in [-0.3, -0.25) is 19.8 Å². The van der Waals surface area contributed by atoms with Crippen LogP contribution in [-0.4, -0.2) is 46.0 Å². The summed E-state index contributed by atoms with van der Waals surface area (Å²) < 4.78 is 0. The van der Waals surface area contributed by atoms with Gasteiger partial charge in [0.1, 0.15) is 11.6 Å². The van der Waals surface area contributed by atoms with Gasteiger partial charge >= 0.3 is 6.03 Å². The maximum atomic E-state index is 11.9. The fourth-order valence-electron chi connectivity index (χ4n) is 2.26. The lowest BCUT2D eigenvalue weighted by atomic mass is 10.1. The van der Waals surface area contributed by atoms with Gasteiger partial charge in [0.15, 0.2) is 0 Å². The summed E-state index contributed by atoms with van der Waals surface area (Å²) in [4.78, 5) is 35.7. The summed E-state index contributed by atoms with van der Waals surface area (Å²) in [7, 11) is 0. The molecule has 124 valence electrons. The number of anilines is 1. The summed E-state index contributed by atoms with van der Waals surface area (Å²) in [5.41, 5.74) is 2.31. The van der Waals surface area contributed by atoms with E-state index in [0.29, 0.717) is 11.6 Å². The van der Waals surface area contributed by atoms with Gasteiger partial charge < -0.3 is 5.32 Å². The molecule has 9 heteroatoms. The van der Waals surface area contributed by atoms with Crippen LogP contribution in [0.25, 0.3) is 0 Å². The first-order chi connectivity index (χ1) is 11.5. The summed E-state index contributed by atoms with van der Waals surface area (Å²) in [6.07, 6.45) is 0.632. The van der Waals surface area contributed by atoms with E-state index >= 15 is 0 Å². The van der Waals surface area contributed by atoms with Crippen LogP contribution in [0, 0.1) is 6.92 Å². The second-order valence-electron chi connectivity index (χ2n) is 5.29. The van der Waals surface area contributed by atoms with Crippen LogP contribution in [0.15, 0.2) is 24.3 Å².